The van der Waals surface area contributed by atoms with Gasteiger partial charge in [0.15, 0.2) is 5.78 Å². The predicted octanol–water partition coefficient (Wildman–Crippen LogP) is 5.67. The van der Waals surface area contributed by atoms with Gasteiger partial charge in [0.2, 0.25) is 0 Å². The van der Waals surface area contributed by atoms with E-state index in [0.717, 1.165) is 38.3 Å². The van der Waals surface area contributed by atoms with E-state index in [9.17, 15) is 9.18 Å². The van der Waals surface area contributed by atoms with Crippen LogP contribution < -0.4 is 0 Å². The van der Waals surface area contributed by atoms with E-state index in [1.54, 1.807) is 17.8 Å². The highest BCUT2D eigenvalue weighted by molar-refractivity contribution is 8.00. The molecule has 0 unspecified atom stereocenters. The second-order valence-electron chi connectivity index (χ2n) is 6.21. The lowest BCUT2D eigenvalue weighted by atomic mass is 9.93. The molecule has 3 aromatic carbocycles. The van der Waals surface area contributed by atoms with Gasteiger partial charge < -0.3 is 0 Å². The van der Waals surface area contributed by atoms with Gasteiger partial charge in [0.1, 0.15) is 5.82 Å². The third kappa shape index (κ3) is 2.12. The predicted molar refractivity (Wildman–Crippen MR) is 98.2 cm³/mol. The van der Waals surface area contributed by atoms with Gasteiger partial charge in [-0.15, -0.1) is 11.8 Å². The third-order valence-electron chi connectivity index (χ3n) is 4.78. The number of hydrogen-bond donors (Lipinski definition) is 0. The molecule has 0 N–H and O–H groups in total. The van der Waals surface area contributed by atoms with E-state index in [4.69, 9.17) is 0 Å². The van der Waals surface area contributed by atoms with Crippen LogP contribution in [0.1, 0.15) is 32.3 Å². The maximum atomic E-state index is 14.0. The van der Waals surface area contributed by atoms with Gasteiger partial charge in [-0.05, 0) is 46.5 Å². The number of fused-ring (bicyclic) bond motifs is 4. The smallest absolute Gasteiger partial charge is 0.192 e. The standard InChI is InChI=1S/C22H13FOS/c23-14-10-11-15-17(12-14)19(13-6-2-1-3-7-13)20-21(24)16-8-4-5-9-18(16)25-22(15)20/h1-12,22H/t22-/m1/s1. The van der Waals surface area contributed by atoms with Crippen LogP contribution in [0.25, 0.3) is 5.57 Å². The first-order valence-electron chi connectivity index (χ1n) is 8.14. The average Bonchev–Trinajstić information content (AvgIpc) is 2.96. The minimum absolute atomic E-state index is 0.0508. The average molecular weight is 344 g/mol. The number of halogens is 1. The molecule has 1 atom stereocenters. The van der Waals surface area contributed by atoms with Crippen molar-refractivity contribution in [3.05, 3.63) is 106 Å². The molecular formula is C22H13FOS. The van der Waals surface area contributed by atoms with Gasteiger partial charge >= 0.3 is 0 Å². The Morgan fingerprint density at radius 3 is 2.44 bits per heavy atom. The van der Waals surface area contributed by atoms with Crippen LogP contribution in [0, 0.1) is 5.82 Å². The highest BCUT2D eigenvalue weighted by Gasteiger charge is 2.40. The number of thioether (sulfide) groups is 1. The van der Waals surface area contributed by atoms with Crippen molar-refractivity contribution in [1.29, 1.82) is 0 Å². The number of rotatable bonds is 1. The fraction of sp³-hybridized carbons (Fsp3) is 0.0455. The highest BCUT2D eigenvalue weighted by atomic mass is 32.2. The van der Waals surface area contributed by atoms with Gasteiger partial charge in [-0.2, -0.15) is 0 Å². The summed E-state index contributed by atoms with van der Waals surface area (Å²) >= 11 is 1.68. The largest absolute Gasteiger partial charge is 0.289 e. The molecule has 5 rings (SSSR count). The molecule has 0 saturated heterocycles. The second-order valence-corrected chi connectivity index (χ2v) is 7.36. The Hall–Kier alpha value is -2.65. The number of benzene rings is 3. The van der Waals surface area contributed by atoms with Crippen LogP contribution in [0.4, 0.5) is 4.39 Å². The Morgan fingerprint density at radius 1 is 0.840 bits per heavy atom. The molecule has 3 heteroatoms. The number of Topliss-reactive ketones (excluding diaryl/α,β-unsaturated/α-hetero) is 1. The second kappa shape index (κ2) is 5.43. The Kier molecular flexibility index (Phi) is 3.19. The zero-order valence-corrected chi connectivity index (χ0v) is 14.0. The van der Waals surface area contributed by atoms with Gasteiger partial charge in [0, 0.05) is 16.0 Å². The van der Waals surface area contributed by atoms with E-state index < -0.39 is 0 Å². The lowest BCUT2D eigenvalue weighted by Gasteiger charge is -2.23. The Labute approximate surface area is 149 Å². The van der Waals surface area contributed by atoms with Gasteiger partial charge in [-0.25, -0.2) is 4.39 Å². The summed E-state index contributed by atoms with van der Waals surface area (Å²) in [7, 11) is 0. The zero-order valence-electron chi connectivity index (χ0n) is 13.2. The molecule has 3 aromatic rings. The molecule has 0 aromatic heterocycles. The first kappa shape index (κ1) is 14.7. The molecule has 0 fully saturated rings. The van der Waals surface area contributed by atoms with E-state index in [1.165, 1.54) is 6.07 Å². The van der Waals surface area contributed by atoms with Crippen LogP contribution in [0.3, 0.4) is 0 Å². The molecule has 0 bridgehead atoms. The first-order valence-corrected chi connectivity index (χ1v) is 9.02. The van der Waals surface area contributed by atoms with E-state index in [2.05, 4.69) is 0 Å². The summed E-state index contributed by atoms with van der Waals surface area (Å²) in [6.45, 7) is 0. The number of carbonyl (C=O) groups excluding carboxylic acids is 1. The van der Waals surface area contributed by atoms with E-state index >= 15 is 0 Å². The van der Waals surface area contributed by atoms with Crippen LogP contribution in [0.2, 0.25) is 0 Å². The molecule has 1 aliphatic heterocycles. The van der Waals surface area contributed by atoms with Crippen molar-refractivity contribution in [2.24, 2.45) is 0 Å². The summed E-state index contributed by atoms with van der Waals surface area (Å²) < 4.78 is 14.0. The van der Waals surface area contributed by atoms with Gasteiger partial charge in [-0.1, -0.05) is 48.5 Å². The molecule has 0 amide bonds. The molecule has 120 valence electrons. The summed E-state index contributed by atoms with van der Waals surface area (Å²) in [5.74, 6) is -0.226. The van der Waals surface area contributed by atoms with Gasteiger partial charge in [0.25, 0.3) is 0 Å². The maximum absolute atomic E-state index is 14.0. The molecule has 0 saturated carbocycles. The quantitative estimate of drug-likeness (QED) is 0.566. The Morgan fingerprint density at radius 2 is 1.60 bits per heavy atom. The molecule has 1 heterocycles. The van der Waals surface area contributed by atoms with Crippen LogP contribution >= 0.6 is 11.8 Å². The topological polar surface area (TPSA) is 17.1 Å². The summed E-state index contributed by atoms with van der Waals surface area (Å²) in [4.78, 5) is 14.3. The summed E-state index contributed by atoms with van der Waals surface area (Å²) in [5, 5.41) is -0.0757. The van der Waals surface area contributed by atoms with Crippen LogP contribution in [0.5, 0.6) is 0 Å². The van der Waals surface area contributed by atoms with Crippen molar-refractivity contribution in [2.75, 3.05) is 0 Å². The van der Waals surface area contributed by atoms with Crippen LogP contribution in [-0.2, 0) is 0 Å². The molecule has 0 radical (unpaired) electrons. The SMILES string of the molecule is O=C1C2=C(c3ccccc3)c3cc(F)ccc3[C@H]2Sc2ccccc21. The summed E-state index contributed by atoms with van der Waals surface area (Å²) in [6.07, 6.45) is 0. The fourth-order valence-electron chi connectivity index (χ4n) is 3.71. The van der Waals surface area contributed by atoms with Gasteiger partial charge in [-0.3, -0.25) is 4.79 Å². The van der Waals surface area contributed by atoms with Crippen molar-refractivity contribution < 1.29 is 9.18 Å². The monoisotopic (exact) mass is 344 g/mol. The first-order chi connectivity index (χ1) is 12.2. The normalized spacial score (nSPS) is 18.0. The van der Waals surface area contributed by atoms with E-state index in [0.29, 0.717) is 0 Å². The molecule has 2 aliphatic rings. The molecular weight excluding hydrogens is 331 g/mol. The number of carbonyl (C=O) groups is 1. The van der Waals surface area contributed by atoms with Crippen molar-refractivity contribution in [2.45, 2.75) is 10.1 Å². The van der Waals surface area contributed by atoms with Crippen molar-refractivity contribution in [3.8, 4) is 0 Å². The third-order valence-corrected chi connectivity index (χ3v) is 6.12. The number of ketones is 1. The zero-order chi connectivity index (χ0) is 17.0. The van der Waals surface area contributed by atoms with E-state index in [1.807, 2.05) is 60.7 Å². The molecule has 1 aliphatic carbocycles. The Bertz CT molecular complexity index is 1050. The molecule has 0 spiro atoms. The maximum Gasteiger partial charge on any atom is 0.192 e. The Balaban J connectivity index is 1.83. The van der Waals surface area contributed by atoms with Gasteiger partial charge in [0.05, 0.1) is 5.25 Å². The molecule has 1 nitrogen and oxygen atoms in total. The number of hydrogen-bond acceptors (Lipinski definition) is 2. The molecule has 25 heavy (non-hydrogen) atoms. The summed E-state index contributed by atoms with van der Waals surface area (Å²) in [5.41, 5.74) is 5.19. The highest BCUT2D eigenvalue weighted by Crippen LogP contribution is 2.56. The van der Waals surface area contributed by atoms with E-state index in [-0.39, 0.29) is 16.9 Å². The van der Waals surface area contributed by atoms with Crippen LogP contribution in [-0.4, -0.2) is 5.78 Å². The van der Waals surface area contributed by atoms with Crippen molar-refractivity contribution in [1.82, 2.24) is 0 Å². The lowest BCUT2D eigenvalue weighted by molar-refractivity contribution is 0.102. The fourth-order valence-corrected chi connectivity index (χ4v) is 5.08. The summed E-state index contributed by atoms with van der Waals surface area (Å²) in [6, 6.07) is 22.4. The van der Waals surface area contributed by atoms with Crippen molar-refractivity contribution >= 4 is 23.1 Å². The van der Waals surface area contributed by atoms with Crippen molar-refractivity contribution in [3.63, 3.8) is 0 Å². The minimum atomic E-state index is -0.276. The van der Waals surface area contributed by atoms with Crippen LogP contribution in [0.15, 0.2) is 83.3 Å². The lowest BCUT2D eigenvalue weighted by Crippen LogP contribution is -2.14. The minimum Gasteiger partial charge on any atom is -0.289 e.